The Balaban J connectivity index is 2.09. The summed E-state index contributed by atoms with van der Waals surface area (Å²) < 4.78 is 5.62. The summed E-state index contributed by atoms with van der Waals surface area (Å²) in [6.45, 7) is 2.58. The maximum Gasteiger partial charge on any atom is 0.166 e. The number of aromatic nitrogens is 1. The van der Waals surface area contributed by atoms with Crippen LogP contribution in [0.2, 0.25) is 0 Å². The lowest BCUT2D eigenvalue weighted by Crippen LogP contribution is -2.01. The second-order valence-corrected chi connectivity index (χ2v) is 3.60. The van der Waals surface area contributed by atoms with Crippen LogP contribution in [0.5, 0.6) is 5.75 Å². The number of hydrogen-bond donors (Lipinski definition) is 1. The van der Waals surface area contributed by atoms with Crippen LogP contribution in [0, 0.1) is 6.92 Å². The molecule has 16 heavy (non-hydrogen) atoms. The van der Waals surface area contributed by atoms with E-state index in [-0.39, 0.29) is 0 Å². The molecule has 2 rings (SSSR count). The standard InChI is InChI=1S/C13H14N2O/c1-10-5-2-3-6-11(10)9-16-12-7-4-8-15-13(12)14/h2-8H,9H2,1H3,(H2,14,15). The zero-order valence-corrected chi connectivity index (χ0v) is 9.18. The van der Waals surface area contributed by atoms with Gasteiger partial charge in [0.25, 0.3) is 0 Å². The monoisotopic (exact) mass is 214 g/mol. The number of nitrogens with zero attached hydrogens (tertiary/aromatic N) is 1. The predicted octanol–water partition coefficient (Wildman–Crippen LogP) is 2.55. The molecular weight excluding hydrogens is 200 g/mol. The number of hydrogen-bond acceptors (Lipinski definition) is 3. The molecule has 0 aliphatic heterocycles. The molecule has 3 heteroatoms. The molecule has 0 atom stereocenters. The van der Waals surface area contributed by atoms with Gasteiger partial charge in [-0.25, -0.2) is 4.98 Å². The smallest absolute Gasteiger partial charge is 0.166 e. The molecule has 0 saturated heterocycles. The van der Waals surface area contributed by atoms with E-state index in [4.69, 9.17) is 10.5 Å². The molecule has 1 aromatic carbocycles. The van der Waals surface area contributed by atoms with Gasteiger partial charge in [0, 0.05) is 6.20 Å². The summed E-state index contributed by atoms with van der Waals surface area (Å²) in [4.78, 5) is 3.97. The zero-order chi connectivity index (χ0) is 11.4. The predicted molar refractivity (Wildman–Crippen MR) is 64.2 cm³/mol. The van der Waals surface area contributed by atoms with Crippen LogP contribution in [0.4, 0.5) is 5.82 Å². The SMILES string of the molecule is Cc1ccccc1COc1cccnc1N. The fraction of sp³-hybridized carbons (Fsp3) is 0.154. The molecule has 82 valence electrons. The molecule has 0 aliphatic carbocycles. The average molecular weight is 214 g/mol. The molecule has 0 unspecified atom stereocenters. The van der Waals surface area contributed by atoms with Gasteiger partial charge in [-0.15, -0.1) is 0 Å². The van der Waals surface area contributed by atoms with Gasteiger partial charge in [0.15, 0.2) is 11.6 Å². The van der Waals surface area contributed by atoms with Gasteiger partial charge in [0.1, 0.15) is 6.61 Å². The lowest BCUT2D eigenvalue weighted by molar-refractivity contribution is 0.306. The van der Waals surface area contributed by atoms with Crippen molar-refractivity contribution in [2.45, 2.75) is 13.5 Å². The lowest BCUT2D eigenvalue weighted by atomic mass is 10.1. The minimum absolute atomic E-state index is 0.427. The zero-order valence-electron chi connectivity index (χ0n) is 9.18. The van der Waals surface area contributed by atoms with Crippen molar-refractivity contribution in [2.24, 2.45) is 0 Å². The van der Waals surface area contributed by atoms with Crippen LogP contribution < -0.4 is 10.5 Å². The summed E-state index contributed by atoms with van der Waals surface area (Å²) in [5.74, 6) is 1.06. The first-order chi connectivity index (χ1) is 7.77. The van der Waals surface area contributed by atoms with Crippen molar-refractivity contribution in [3.05, 3.63) is 53.7 Å². The highest BCUT2D eigenvalue weighted by molar-refractivity contribution is 5.44. The largest absolute Gasteiger partial charge is 0.485 e. The molecule has 0 saturated carbocycles. The average Bonchev–Trinajstić information content (AvgIpc) is 2.30. The highest BCUT2D eigenvalue weighted by Crippen LogP contribution is 2.19. The first-order valence-corrected chi connectivity index (χ1v) is 5.15. The number of nitrogens with two attached hydrogens (primary N) is 1. The van der Waals surface area contributed by atoms with E-state index in [1.807, 2.05) is 30.3 Å². The van der Waals surface area contributed by atoms with Gasteiger partial charge in [-0.05, 0) is 30.2 Å². The van der Waals surface area contributed by atoms with Gasteiger partial charge in [-0.2, -0.15) is 0 Å². The van der Waals surface area contributed by atoms with Crippen molar-refractivity contribution >= 4 is 5.82 Å². The van der Waals surface area contributed by atoms with E-state index < -0.39 is 0 Å². The molecule has 0 fully saturated rings. The van der Waals surface area contributed by atoms with E-state index in [0.29, 0.717) is 18.2 Å². The number of nitrogen functional groups attached to an aromatic ring is 1. The molecule has 0 spiro atoms. The van der Waals surface area contributed by atoms with Crippen molar-refractivity contribution in [2.75, 3.05) is 5.73 Å². The van der Waals surface area contributed by atoms with Crippen molar-refractivity contribution in [1.29, 1.82) is 0 Å². The molecule has 0 bridgehead atoms. The Morgan fingerprint density at radius 1 is 1.19 bits per heavy atom. The van der Waals surface area contributed by atoms with Crippen LogP contribution in [0.15, 0.2) is 42.6 Å². The minimum atomic E-state index is 0.427. The van der Waals surface area contributed by atoms with Crippen molar-refractivity contribution in [3.63, 3.8) is 0 Å². The fourth-order valence-electron chi connectivity index (χ4n) is 1.45. The van der Waals surface area contributed by atoms with Gasteiger partial charge in [-0.1, -0.05) is 24.3 Å². The molecule has 2 N–H and O–H groups in total. The number of anilines is 1. The van der Waals surface area contributed by atoms with Gasteiger partial charge >= 0.3 is 0 Å². The maximum absolute atomic E-state index is 5.69. The summed E-state index contributed by atoms with van der Waals surface area (Å²) in [5.41, 5.74) is 8.06. The second kappa shape index (κ2) is 4.66. The van der Waals surface area contributed by atoms with Crippen molar-refractivity contribution in [3.8, 4) is 5.75 Å². The third-order valence-corrected chi connectivity index (χ3v) is 2.44. The van der Waals surface area contributed by atoms with Crippen LogP contribution in [0.25, 0.3) is 0 Å². The third-order valence-electron chi connectivity index (χ3n) is 2.44. The quantitative estimate of drug-likeness (QED) is 0.854. The Bertz CT molecular complexity index is 437. The number of aryl methyl sites for hydroxylation is 1. The van der Waals surface area contributed by atoms with Crippen LogP contribution in [-0.4, -0.2) is 4.98 Å². The van der Waals surface area contributed by atoms with Gasteiger partial charge in [0.2, 0.25) is 0 Å². The molecule has 3 nitrogen and oxygen atoms in total. The Labute approximate surface area is 94.9 Å². The van der Waals surface area contributed by atoms with Crippen LogP contribution in [-0.2, 0) is 6.61 Å². The highest BCUT2D eigenvalue weighted by atomic mass is 16.5. The summed E-state index contributed by atoms with van der Waals surface area (Å²) in [6, 6.07) is 11.7. The number of benzene rings is 1. The Morgan fingerprint density at radius 2 is 2.00 bits per heavy atom. The maximum atomic E-state index is 5.69. The highest BCUT2D eigenvalue weighted by Gasteiger charge is 2.01. The number of rotatable bonds is 3. The Kier molecular flexibility index (Phi) is 3.05. The van der Waals surface area contributed by atoms with Crippen LogP contribution >= 0.6 is 0 Å². The van der Waals surface area contributed by atoms with E-state index in [9.17, 15) is 0 Å². The molecular formula is C13H14N2O. The van der Waals surface area contributed by atoms with E-state index in [0.717, 1.165) is 5.56 Å². The minimum Gasteiger partial charge on any atom is -0.485 e. The van der Waals surface area contributed by atoms with E-state index >= 15 is 0 Å². The van der Waals surface area contributed by atoms with Crippen LogP contribution in [0.1, 0.15) is 11.1 Å². The van der Waals surface area contributed by atoms with Gasteiger partial charge < -0.3 is 10.5 Å². The molecule has 0 aliphatic rings. The summed E-state index contributed by atoms with van der Waals surface area (Å²) in [5, 5.41) is 0. The Morgan fingerprint density at radius 3 is 2.75 bits per heavy atom. The first-order valence-electron chi connectivity index (χ1n) is 5.15. The molecule has 2 aromatic rings. The third kappa shape index (κ3) is 2.31. The van der Waals surface area contributed by atoms with Crippen molar-refractivity contribution in [1.82, 2.24) is 4.98 Å². The van der Waals surface area contributed by atoms with E-state index in [1.54, 1.807) is 6.20 Å². The summed E-state index contributed by atoms with van der Waals surface area (Å²) >= 11 is 0. The normalized spacial score (nSPS) is 10.1. The van der Waals surface area contributed by atoms with Crippen molar-refractivity contribution < 1.29 is 4.74 Å². The Hall–Kier alpha value is -2.03. The topological polar surface area (TPSA) is 48.1 Å². The first kappa shape index (κ1) is 10.5. The summed E-state index contributed by atoms with van der Waals surface area (Å²) in [6.07, 6.45) is 1.65. The number of pyridine rings is 1. The van der Waals surface area contributed by atoms with Gasteiger partial charge in [-0.3, -0.25) is 0 Å². The fourth-order valence-corrected chi connectivity index (χ4v) is 1.45. The van der Waals surface area contributed by atoms with Gasteiger partial charge in [0.05, 0.1) is 0 Å². The summed E-state index contributed by atoms with van der Waals surface area (Å²) in [7, 11) is 0. The number of ether oxygens (including phenoxy) is 1. The molecule has 0 radical (unpaired) electrons. The second-order valence-electron chi connectivity index (χ2n) is 3.60. The lowest BCUT2D eigenvalue weighted by Gasteiger charge is -2.09. The van der Waals surface area contributed by atoms with Crippen LogP contribution in [0.3, 0.4) is 0 Å². The molecule has 1 aromatic heterocycles. The van der Waals surface area contributed by atoms with E-state index in [1.165, 1.54) is 5.56 Å². The van der Waals surface area contributed by atoms with E-state index in [2.05, 4.69) is 18.0 Å². The molecule has 0 amide bonds. The molecule has 1 heterocycles.